The number of hydrogen-bond acceptors (Lipinski definition) is 2. The molecule has 0 amide bonds. The Morgan fingerprint density at radius 1 is 0.413 bits per heavy atom. The standard InChI is InChI=1S/C44H35NO/c1-43(2)39-16-10-8-14-33(39)38-24-29-19-18-28-20-21-31(25-36(28)37(29)27-40(38)44(43,3)4)45(30-12-6-5-7-13-30)32-22-23-35-34-15-9-11-17-41(34)46-42(35)26-32/h5-27H,1-4H3. The number of rotatable bonds is 3. The highest BCUT2D eigenvalue weighted by Crippen LogP contribution is 2.55. The molecule has 0 saturated carbocycles. The van der Waals surface area contributed by atoms with Crippen LogP contribution in [-0.4, -0.2) is 0 Å². The summed E-state index contributed by atoms with van der Waals surface area (Å²) in [4.78, 5) is 2.34. The molecule has 0 N–H and O–H groups in total. The van der Waals surface area contributed by atoms with Crippen LogP contribution in [0.1, 0.15) is 38.8 Å². The molecule has 0 radical (unpaired) electrons. The van der Waals surface area contributed by atoms with E-state index in [1.165, 1.54) is 43.8 Å². The minimum atomic E-state index is -0.0529. The zero-order valence-electron chi connectivity index (χ0n) is 26.6. The second kappa shape index (κ2) is 9.58. The highest BCUT2D eigenvalue weighted by Gasteiger charge is 2.45. The Kier molecular flexibility index (Phi) is 5.63. The first-order valence-corrected chi connectivity index (χ1v) is 16.2. The molecule has 0 atom stereocenters. The van der Waals surface area contributed by atoms with Gasteiger partial charge in [-0.2, -0.15) is 0 Å². The van der Waals surface area contributed by atoms with Gasteiger partial charge in [-0.05, 0) is 109 Å². The molecule has 0 fully saturated rings. The molecule has 46 heavy (non-hydrogen) atoms. The molecular weight excluding hydrogens is 558 g/mol. The molecule has 1 aliphatic rings. The van der Waals surface area contributed by atoms with Crippen LogP contribution in [0.4, 0.5) is 17.1 Å². The van der Waals surface area contributed by atoms with Gasteiger partial charge in [0.25, 0.3) is 0 Å². The normalized spacial score (nSPS) is 14.9. The Labute approximate surface area is 269 Å². The average Bonchev–Trinajstić information content (AvgIpc) is 3.45. The number of nitrogens with zero attached hydrogens (tertiary/aromatic N) is 1. The van der Waals surface area contributed by atoms with Crippen LogP contribution in [0.2, 0.25) is 0 Å². The van der Waals surface area contributed by atoms with Gasteiger partial charge in [0.2, 0.25) is 0 Å². The molecule has 222 valence electrons. The third-order valence-electron chi connectivity index (χ3n) is 11.0. The summed E-state index contributed by atoms with van der Waals surface area (Å²) in [6, 6.07) is 50.8. The summed E-state index contributed by atoms with van der Waals surface area (Å²) in [7, 11) is 0. The third kappa shape index (κ3) is 3.77. The van der Waals surface area contributed by atoms with Crippen molar-refractivity contribution in [1.82, 2.24) is 0 Å². The molecule has 9 rings (SSSR count). The monoisotopic (exact) mass is 593 g/mol. The zero-order chi connectivity index (χ0) is 31.2. The van der Waals surface area contributed by atoms with E-state index in [9.17, 15) is 0 Å². The van der Waals surface area contributed by atoms with Crippen molar-refractivity contribution in [1.29, 1.82) is 0 Å². The Bertz CT molecular complexity index is 2480. The largest absolute Gasteiger partial charge is 0.456 e. The fourth-order valence-corrected chi connectivity index (χ4v) is 7.78. The molecule has 1 aliphatic carbocycles. The van der Waals surface area contributed by atoms with Gasteiger partial charge in [0, 0.05) is 33.9 Å². The highest BCUT2D eigenvalue weighted by molar-refractivity contribution is 6.11. The van der Waals surface area contributed by atoms with Gasteiger partial charge in [0.1, 0.15) is 11.2 Å². The van der Waals surface area contributed by atoms with Crippen molar-refractivity contribution >= 4 is 60.5 Å². The van der Waals surface area contributed by atoms with Crippen molar-refractivity contribution in [2.75, 3.05) is 4.90 Å². The van der Waals surface area contributed by atoms with Crippen LogP contribution in [0.5, 0.6) is 0 Å². The lowest BCUT2D eigenvalue weighted by molar-refractivity contribution is 0.299. The third-order valence-corrected chi connectivity index (χ3v) is 11.0. The number of hydrogen-bond donors (Lipinski definition) is 0. The summed E-state index contributed by atoms with van der Waals surface area (Å²) in [5.41, 5.74) is 10.6. The number of anilines is 3. The van der Waals surface area contributed by atoms with Crippen LogP contribution in [0.25, 0.3) is 54.6 Å². The smallest absolute Gasteiger partial charge is 0.137 e. The molecule has 0 saturated heterocycles. The summed E-state index contributed by atoms with van der Waals surface area (Å²) >= 11 is 0. The van der Waals surface area contributed by atoms with E-state index in [1.807, 2.05) is 12.1 Å². The molecular formula is C44H35NO. The van der Waals surface area contributed by atoms with Crippen LogP contribution >= 0.6 is 0 Å². The first kappa shape index (κ1) is 27.0. The minimum Gasteiger partial charge on any atom is -0.456 e. The fourth-order valence-electron chi connectivity index (χ4n) is 7.78. The maximum atomic E-state index is 6.33. The van der Waals surface area contributed by atoms with Crippen LogP contribution in [0, 0.1) is 0 Å². The quantitative estimate of drug-likeness (QED) is 0.189. The predicted molar refractivity (Wildman–Crippen MR) is 195 cm³/mol. The molecule has 0 unspecified atom stereocenters. The minimum absolute atomic E-state index is 0.0145. The molecule has 2 heteroatoms. The summed E-state index contributed by atoms with van der Waals surface area (Å²) in [6.07, 6.45) is 0. The van der Waals surface area contributed by atoms with Crippen molar-refractivity contribution in [2.45, 2.75) is 38.5 Å². The SMILES string of the molecule is CC1(C)c2ccccc2-c2cc3ccc4ccc(N(c5ccccc5)c5ccc6c(c5)oc5ccccc56)cc4c3cc2C1(C)C. The lowest BCUT2D eigenvalue weighted by Crippen LogP contribution is -2.43. The van der Waals surface area contributed by atoms with Gasteiger partial charge in [-0.1, -0.05) is 107 Å². The molecule has 2 nitrogen and oxygen atoms in total. The van der Waals surface area contributed by atoms with Gasteiger partial charge >= 0.3 is 0 Å². The second-order valence-electron chi connectivity index (χ2n) is 13.8. The Hall–Kier alpha value is -5.34. The highest BCUT2D eigenvalue weighted by atomic mass is 16.3. The Balaban J connectivity index is 1.27. The van der Waals surface area contributed by atoms with E-state index in [4.69, 9.17) is 4.42 Å². The number of para-hydroxylation sites is 2. The molecule has 0 bridgehead atoms. The van der Waals surface area contributed by atoms with Crippen molar-refractivity contribution in [2.24, 2.45) is 0 Å². The zero-order valence-corrected chi connectivity index (χ0v) is 26.6. The second-order valence-corrected chi connectivity index (χ2v) is 13.8. The van der Waals surface area contributed by atoms with Crippen LogP contribution in [0.15, 0.2) is 144 Å². The van der Waals surface area contributed by atoms with E-state index >= 15 is 0 Å². The van der Waals surface area contributed by atoms with Crippen molar-refractivity contribution in [3.63, 3.8) is 0 Å². The fraction of sp³-hybridized carbons (Fsp3) is 0.136. The molecule has 1 heterocycles. The van der Waals surface area contributed by atoms with Gasteiger partial charge in [-0.25, -0.2) is 0 Å². The van der Waals surface area contributed by atoms with E-state index in [-0.39, 0.29) is 10.8 Å². The van der Waals surface area contributed by atoms with E-state index in [2.05, 4.69) is 160 Å². The van der Waals surface area contributed by atoms with E-state index < -0.39 is 0 Å². The molecule has 0 aliphatic heterocycles. The summed E-state index contributed by atoms with van der Waals surface area (Å²) < 4.78 is 6.33. The Morgan fingerprint density at radius 2 is 1.04 bits per heavy atom. The molecule has 0 spiro atoms. The van der Waals surface area contributed by atoms with Crippen molar-refractivity contribution in [3.8, 4) is 11.1 Å². The van der Waals surface area contributed by atoms with E-state index in [1.54, 1.807) is 0 Å². The topological polar surface area (TPSA) is 16.4 Å². The number of furan rings is 1. The molecule has 7 aromatic carbocycles. The lowest BCUT2D eigenvalue weighted by atomic mass is 9.55. The van der Waals surface area contributed by atoms with Gasteiger partial charge < -0.3 is 9.32 Å². The van der Waals surface area contributed by atoms with Crippen LogP contribution in [0.3, 0.4) is 0 Å². The summed E-state index contributed by atoms with van der Waals surface area (Å²) in [5.74, 6) is 0. The van der Waals surface area contributed by atoms with Crippen molar-refractivity contribution < 1.29 is 4.42 Å². The number of benzene rings is 7. The van der Waals surface area contributed by atoms with Gasteiger partial charge in [0.15, 0.2) is 0 Å². The van der Waals surface area contributed by atoms with E-state index in [0.29, 0.717) is 0 Å². The predicted octanol–water partition coefficient (Wildman–Crippen LogP) is 12.6. The van der Waals surface area contributed by atoms with Crippen molar-refractivity contribution in [3.05, 3.63) is 151 Å². The van der Waals surface area contributed by atoms with Crippen LogP contribution in [-0.2, 0) is 10.8 Å². The summed E-state index contributed by atoms with van der Waals surface area (Å²) in [5, 5.41) is 7.34. The van der Waals surface area contributed by atoms with Gasteiger partial charge in [-0.15, -0.1) is 0 Å². The maximum Gasteiger partial charge on any atom is 0.137 e. The first-order chi connectivity index (χ1) is 22.3. The molecule has 8 aromatic rings. The first-order valence-electron chi connectivity index (χ1n) is 16.2. The van der Waals surface area contributed by atoms with E-state index in [0.717, 1.165) is 39.0 Å². The summed E-state index contributed by atoms with van der Waals surface area (Å²) in [6.45, 7) is 9.62. The maximum absolute atomic E-state index is 6.33. The lowest BCUT2D eigenvalue weighted by Gasteiger charge is -2.48. The Morgan fingerprint density at radius 3 is 1.91 bits per heavy atom. The van der Waals surface area contributed by atoms with Crippen LogP contribution < -0.4 is 4.90 Å². The average molecular weight is 594 g/mol. The molecule has 1 aromatic heterocycles. The van der Waals surface area contributed by atoms with Gasteiger partial charge in [-0.3, -0.25) is 0 Å². The number of fused-ring (bicyclic) bond motifs is 9. The van der Waals surface area contributed by atoms with Gasteiger partial charge in [0.05, 0.1) is 0 Å².